The Hall–Kier alpha value is -1.52. The van der Waals surface area contributed by atoms with Crippen molar-refractivity contribution in [3.8, 4) is 0 Å². The molecular formula is C15H20F3NO. The Labute approximate surface area is 117 Å². The van der Waals surface area contributed by atoms with Crippen molar-refractivity contribution in [2.24, 2.45) is 0 Å². The van der Waals surface area contributed by atoms with Gasteiger partial charge in [-0.3, -0.25) is 4.79 Å². The molecule has 1 amide bonds. The van der Waals surface area contributed by atoms with Crippen molar-refractivity contribution in [2.75, 3.05) is 6.54 Å². The van der Waals surface area contributed by atoms with Crippen LogP contribution in [0.5, 0.6) is 0 Å². The largest absolute Gasteiger partial charge is 0.352 e. The number of hydrogen-bond donors (Lipinski definition) is 1. The Bertz CT molecular complexity index is 449. The lowest BCUT2D eigenvalue weighted by molar-refractivity contribution is 0.0947. The maximum absolute atomic E-state index is 13.4. The van der Waals surface area contributed by atoms with E-state index in [0.717, 1.165) is 31.4 Å². The van der Waals surface area contributed by atoms with Crippen molar-refractivity contribution in [1.29, 1.82) is 0 Å². The van der Waals surface area contributed by atoms with Gasteiger partial charge in [0.05, 0.1) is 5.56 Å². The average molecular weight is 287 g/mol. The molecule has 20 heavy (non-hydrogen) atoms. The average Bonchev–Trinajstić information content (AvgIpc) is 2.43. The summed E-state index contributed by atoms with van der Waals surface area (Å²) in [4.78, 5) is 11.6. The van der Waals surface area contributed by atoms with Crippen LogP contribution in [-0.2, 0) is 0 Å². The number of halogens is 3. The van der Waals surface area contributed by atoms with E-state index in [1.54, 1.807) is 0 Å². The highest BCUT2D eigenvalue weighted by atomic mass is 19.2. The predicted octanol–water partition coefficient (Wildman–Crippen LogP) is 4.19. The Kier molecular flexibility index (Phi) is 7.12. The molecule has 1 aromatic rings. The van der Waals surface area contributed by atoms with Gasteiger partial charge in [-0.05, 0) is 18.6 Å². The third kappa shape index (κ3) is 4.87. The van der Waals surface area contributed by atoms with Crippen LogP contribution in [-0.4, -0.2) is 12.5 Å². The van der Waals surface area contributed by atoms with Gasteiger partial charge in [-0.15, -0.1) is 0 Å². The maximum atomic E-state index is 13.4. The second-order valence-corrected chi connectivity index (χ2v) is 4.75. The van der Waals surface area contributed by atoms with Crippen LogP contribution in [0, 0.1) is 17.5 Å². The van der Waals surface area contributed by atoms with Gasteiger partial charge in [0.1, 0.15) is 0 Å². The molecule has 5 heteroatoms. The minimum Gasteiger partial charge on any atom is -0.352 e. The molecule has 2 nitrogen and oxygen atoms in total. The summed E-state index contributed by atoms with van der Waals surface area (Å²) in [6.45, 7) is 2.54. The number of carbonyl (C=O) groups excluding carboxylic acids is 1. The Balaban J connectivity index is 2.35. The van der Waals surface area contributed by atoms with Crippen LogP contribution in [0.3, 0.4) is 0 Å². The summed E-state index contributed by atoms with van der Waals surface area (Å²) < 4.78 is 39.1. The molecule has 0 aliphatic rings. The van der Waals surface area contributed by atoms with Gasteiger partial charge in [0.2, 0.25) is 0 Å². The first-order valence-corrected chi connectivity index (χ1v) is 6.99. The molecule has 1 rings (SSSR count). The summed E-state index contributed by atoms with van der Waals surface area (Å²) in [5.74, 6) is -5.06. The Morgan fingerprint density at radius 3 is 2.35 bits per heavy atom. The zero-order chi connectivity index (χ0) is 15.0. The molecule has 0 spiro atoms. The molecular weight excluding hydrogens is 267 g/mol. The third-order valence-electron chi connectivity index (χ3n) is 3.10. The lowest BCUT2D eigenvalue weighted by Crippen LogP contribution is -2.25. The number of amides is 1. The molecule has 0 atom stereocenters. The number of benzene rings is 1. The van der Waals surface area contributed by atoms with Crippen molar-refractivity contribution in [3.05, 3.63) is 35.1 Å². The Morgan fingerprint density at radius 1 is 1.00 bits per heavy atom. The summed E-state index contributed by atoms with van der Waals surface area (Å²) in [6.07, 6.45) is 6.42. The monoisotopic (exact) mass is 287 g/mol. The molecule has 0 aliphatic heterocycles. The number of unbranched alkanes of at least 4 members (excludes halogenated alkanes) is 5. The van der Waals surface area contributed by atoms with Gasteiger partial charge in [0.25, 0.3) is 5.91 Å². The van der Waals surface area contributed by atoms with Crippen LogP contribution in [0.15, 0.2) is 12.1 Å². The van der Waals surface area contributed by atoms with E-state index in [-0.39, 0.29) is 0 Å². The fourth-order valence-electron chi connectivity index (χ4n) is 1.90. The Morgan fingerprint density at radius 2 is 1.65 bits per heavy atom. The SMILES string of the molecule is CCCCCCCCNC(=O)c1ccc(F)c(F)c1F. The second-order valence-electron chi connectivity index (χ2n) is 4.75. The first-order valence-electron chi connectivity index (χ1n) is 6.99. The molecule has 0 saturated carbocycles. The zero-order valence-corrected chi connectivity index (χ0v) is 11.6. The molecule has 1 aromatic carbocycles. The fraction of sp³-hybridized carbons (Fsp3) is 0.533. The molecule has 0 radical (unpaired) electrons. The van der Waals surface area contributed by atoms with E-state index in [2.05, 4.69) is 12.2 Å². The van der Waals surface area contributed by atoms with Gasteiger partial charge in [-0.25, -0.2) is 13.2 Å². The molecule has 0 bridgehead atoms. The van der Waals surface area contributed by atoms with Crippen LogP contribution in [0.1, 0.15) is 55.8 Å². The number of hydrogen-bond acceptors (Lipinski definition) is 1. The van der Waals surface area contributed by atoms with Crippen LogP contribution in [0.25, 0.3) is 0 Å². The lowest BCUT2D eigenvalue weighted by Gasteiger charge is -2.07. The quantitative estimate of drug-likeness (QED) is 0.563. The van der Waals surface area contributed by atoms with Gasteiger partial charge < -0.3 is 5.32 Å². The highest BCUT2D eigenvalue weighted by molar-refractivity contribution is 5.94. The molecule has 1 N–H and O–H groups in total. The lowest BCUT2D eigenvalue weighted by atomic mass is 10.1. The smallest absolute Gasteiger partial charge is 0.254 e. The van der Waals surface area contributed by atoms with Crippen LogP contribution >= 0.6 is 0 Å². The van der Waals surface area contributed by atoms with Crippen molar-refractivity contribution in [2.45, 2.75) is 45.4 Å². The van der Waals surface area contributed by atoms with Crippen molar-refractivity contribution >= 4 is 5.91 Å². The van der Waals surface area contributed by atoms with E-state index in [0.29, 0.717) is 6.54 Å². The van der Waals surface area contributed by atoms with Gasteiger partial charge in [-0.2, -0.15) is 0 Å². The van der Waals surface area contributed by atoms with Crippen LogP contribution in [0.4, 0.5) is 13.2 Å². The van der Waals surface area contributed by atoms with Crippen molar-refractivity contribution < 1.29 is 18.0 Å². The topological polar surface area (TPSA) is 29.1 Å². The first-order chi connectivity index (χ1) is 9.57. The summed E-state index contributed by atoms with van der Waals surface area (Å²) in [7, 11) is 0. The van der Waals surface area contributed by atoms with Gasteiger partial charge in [-0.1, -0.05) is 39.0 Å². The summed E-state index contributed by atoms with van der Waals surface area (Å²) in [5.41, 5.74) is -0.463. The molecule has 0 aromatic heterocycles. The zero-order valence-electron chi connectivity index (χ0n) is 11.6. The summed E-state index contributed by atoms with van der Waals surface area (Å²) in [6, 6.07) is 1.70. The maximum Gasteiger partial charge on any atom is 0.254 e. The van der Waals surface area contributed by atoms with Crippen molar-refractivity contribution in [1.82, 2.24) is 5.32 Å². The normalized spacial score (nSPS) is 10.6. The predicted molar refractivity (Wildman–Crippen MR) is 72.0 cm³/mol. The highest BCUT2D eigenvalue weighted by Crippen LogP contribution is 2.15. The van der Waals surface area contributed by atoms with E-state index in [1.165, 1.54) is 19.3 Å². The van der Waals surface area contributed by atoms with Gasteiger partial charge >= 0.3 is 0 Å². The van der Waals surface area contributed by atoms with Crippen LogP contribution in [0.2, 0.25) is 0 Å². The minimum absolute atomic E-state index is 0.406. The number of nitrogens with one attached hydrogen (secondary N) is 1. The molecule has 0 unspecified atom stereocenters. The van der Waals surface area contributed by atoms with Crippen LogP contribution < -0.4 is 5.32 Å². The molecule has 0 saturated heterocycles. The van der Waals surface area contributed by atoms with E-state index in [4.69, 9.17) is 0 Å². The van der Waals surface area contributed by atoms with Crippen molar-refractivity contribution in [3.63, 3.8) is 0 Å². The minimum atomic E-state index is -1.61. The first kappa shape index (κ1) is 16.5. The number of carbonyl (C=O) groups is 1. The van der Waals surface area contributed by atoms with Gasteiger partial charge in [0, 0.05) is 6.54 Å². The third-order valence-corrected chi connectivity index (χ3v) is 3.10. The molecule has 0 aliphatic carbocycles. The molecule has 0 heterocycles. The summed E-state index contributed by atoms with van der Waals surface area (Å²) >= 11 is 0. The van der Waals surface area contributed by atoms with E-state index >= 15 is 0 Å². The molecule has 112 valence electrons. The fourth-order valence-corrected chi connectivity index (χ4v) is 1.90. The van der Waals surface area contributed by atoms with E-state index in [9.17, 15) is 18.0 Å². The van der Waals surface area contributed by atoms with Gasteiger partial charge in [0.15, 0.2) is 17.5 Å². The highest BCUT2D eigenvalue weighted by Gasteiger charge is 2.18. The molecule has 0 fully saturated rings. The van der Waals surface area contributed by atoms with E-state index < -0.39 is 28.9 Å². The standard InChI is InChI=1S/C15H20F3NO/c1-2-3-4-5-6-7-10-19-15(20)11-8-9-12(16)14(18)13(11)17/h8-9H,2-7,10H2,1H3,(H,19,20). The second kappa shape index (κ2) is 8.61. The number of rotatable bonds is 8. The van der Waals surface area contributed by atoms with E-state index in [1.807, 2.05) is 0 Å². The summed E-state index contributed by atoms with van der Waals surface area (Å²) in [5, 5.41) is 2.51.